The monoisotopic (exact) mass is 298 g/mol. The van der Waals surface area contributed by atoms with E-state index in [4.69, 9.17) is 4.74 Å². The zero-order chi connectivity index (χ0) is 14.4. The largest absolute Gasteiger partial charge is 0.377 e. The van der Waals surface area contributed by atoms with Gasteiger partial charge in [-0.05, 0) is 19.3 Å². The van der Waals surface area contributed by atoms with E-state index in [-0.39, 0.29) is 11.8 Å². The lowest BCUT2D eigenvalue weighted by Crippen LogP contribution is -2.10. The summed E-state index contributed by atoms with van der Waals surface area (Å²) in [5.74, 6) is 0.979. The van der Waals surface area contributed by atoms with Crippen molar-refractivity contribution in [2.75, 3.05) is 24.2 Å². The van der Waals surface area contributed by atoms with E-state index in [9.17, 15) is 10.1 Å². The van der Waals surface area contributed by atoms with Crippen molar-refractivity contribution in [3.05, 3.63) is 16.4 Å². The highest BCUT2D eigenvalue weighted by Crippen LogP contribution is 2.33. The molecule has 2 heterocycles. The van der Waals surface area contributed by atoms with Crippen LogP contribution >= 0.6 is 11.8 Å². The van der Waals surface area contributed by atoms with Crippen LogP contribution in [0, 0.1) is 10.1 Å². The average Bonchev–Trinajstić information content (AvgIpc) is 2.95. The molecule has 20 heavy (non-hydrogen) atoms. The third kappa shape index (κ3) is 3.80. The van der Waals surface area contributed by atoms with Gasteiger partial charge in [0.25, 0.3) is 0 Å². The first-order valence-corrected chi connectivity index (χ1v) is 7.68. The lowest BCUT2D eigenvalue weighted by molar-refractivity contribution is -0.387. The molecule has 1 N–H and O–H groups in total. The number of rotatable bonds is 7. The van der Waals surface area contributed by atoms with Crippen LogP contribution in [0.2, 0.25) is 0 Å². The molecule has 0 saturated carbocycles. The molecule has 0 aromatic carbocycles. The molecular formula is C12H18N4O3S. The van der Waals surface area contributed by atoms with E-state index < -0.39 is 4.92 Å². The summed E-state index contributed by atoms with van der Waals surface area (Å²) in [6.45, 7) is 3.42. The van der Waals surface area contributed by atoms with Gasteiger partial charge in [0.1, 0.15) is 6.33 Å². The van der Waals surface area contributed by atoms with E-state index in [2.05, 4.69) is 15.3 Å². The normalized spacial score (nSPS) is 18.1. The predicted octanol–water partition coefficient (Wildman–Crippen LogP) is 2.48. The summed E-state index contributed by atoms with van der Waals surface area (Å²) in [5, 5.41) is 14.6. The summed E-state index contributed by atoms with van der Waals surface area (Å²) < 4.78 is 5.52. The second-order valence-corrected chi connectivity index (χ2v) is 5.51. The molecule has 2 rings (SSSR count). The van der Waals surface area contributed by atoms with Gasteiger partial charge in [0, 0.05) is 18.9 Å². The summed E-state index contributed by atoms with van der Waals surface area (Å²) in [6, 6.07) is 0. The van der Waals surface area contributed by atoms with Gasteiger partial charge in [-0.1, -0.05) is 18.7 Å². The maximum absolute atomic E-state index is 11.2. The van der Waals surface area contributed by atoms with Crippen LogP contribution in [0.25, 0.3) is 0 Å². The van der Waals surface area contributed by atoms with E-state index in [1.807, 2.05) is 6.92 Å². The second kappa shape index (κ2) is 7.39. The molecule has 1 unspecified atom stereocenters. The topological polar surface area (TPSA) is 90.2 Å². The predicted molar refractivity (Wildman–Crippen MR) is 77.2 cm³/mol. The van der Waals surface area contributed by atoms with Crippen LogP contribution in [0.4, 0.5) is 11.5 Å². The van der Waals surface area contributed by atoms with Crippen LogP contribution in [0.15, 0.2) is 11.4 Å². The minimum atomic E-state index is -0.421. The van der Waals surface area contributed by atoms with Gasteiger partial charge in [-0.3, -0.25) is 10.1 Å². The van der Waals surface area contributed by atoms with Crippen molar-refractivity contribution < 1.29 is 9.66 Å². The fourth-order valence-corrected chi connectivity index (χ4v) is 2.99. The fraction of sp³-hybridized carbons (Fsp3) is 0.667. The lowest BCUT2D eigenvalue weighted by Gasteiger charge is -2.10. The Morgan fingerprint density at radius 1 is 1.60 bits per heavy atom. The van der Waals surface area contributed by atoms with E-state index in [0.717, 1.165) is 25.9 Å². The number of ether oxygens (including phenoxy) is 1. The van der Waals surface area contributed by atoms with Crippen molar-refractivity contribution in [1.82, 2.24) is 9.97 Å². The van der Waals surface area contributed by atoms with Crippen molar-refractivity contribution in [3.63, 3.8) is 0 Å². The molecule has 1 aromatic rings. The Morgan fingerprint density at radius 2 is 2.45 bits per heavy atom. The molecule has 1 saturated heterocycles. The molecule has 1 aromatic heterocycles. The second-order valence-electron chi connectivity index (χ2n) is 4.51. The van der Waals surface area contributed by atoms with Gasteiger partial charge in [-0.25, -0.2) is 9.97 Å². The van der Waals surface area contributed by atoms with Crippen LogP contribution in [0.1, 0.15) is 26.2 Å². The Bertz CT molecular complexity index is 466. The van der Waals surface area contributed by atoms with E-state index in [1.165, 1.54) is 18.1 Å². The van der Waals surface area contributed by atoms with Crippen LogP contribution < -0.4 is 5.32 Å². The number of aromatic nitrogens is 2. The quantitative estimate of drug-likeness (QED) is 0.358. The van der Waals surface area contributed by atoms with E-state index in [0.29, 0.717) is 23.1 Å². The highest BCUT2D eigenvalue weighted by molar-refractivity contribution is 7.99. The SMILES string of the molecule is CCCNc1ncnc(SCC2CCCO2)c1[N+](=O)[O-]. The molecule has 0 bridgehead atoms. The number of nitrogens with one attached hydrogen (secondary N) is 1. The third-order valence-electron chi connectivity index (χ3n) is 2.94. The van der Waals surface area contributed by atoms with E-state index in [1.54, 1.807) is 0 Å². The Morgan fingerprint density at radius 3 is 3.10 bits per heavy atom. The maximum atomic E-state index is 11.2. The molecule has 0 radical (unpaired) electrons. The van der Waals surface area contributed by atoms with Gasteiger partial charge >= 0.3 is 5.69 Å². The third-order valence-corrected chi connectivity index (χ3v) is 4.05. The highest BCUT2D eigenvalue weighted by Gasteiger charge is 2.24. The Balaban J connectivity index is 2.11. The minimum absolute atomic E-state index is 0.0380. The van der Waals surface area contributed by atoms with Crippen LogP contribution in [0.3, 0.4) is 0 Å². The molecule has 7 nitrogen and oxygen atoms in total. The average molecular weight is 298 g/mol. The van der Waals surface area contributed by atoms with Gasteiger partial charge in [0.2, 0.25) is 5.82 Å². The first kappa shape index (κ1) is 15.0. The zero-order valence-electron chi connectivity index (χ0n) is 11.4. The number of nitrogens with zero attached hydrogens (tertiary/aromatic N) is 3. The summed E-state index contributed by atoms with van der Waals surface area (Å²) in [6.07, 6.45) is 4.47. The minimum Gasteiger partial charge on any atom is -0.377 e. The van der Waals surface area contributed by atoms with Crippen molar-refractivity contribution in [2.24, 2.45) is 0 Å². The zero-order valence-corrected chi connectivity index (χ0v) is 12.2. The molecule has 1 aliphatic heterocycles. The molecule has 1 atom stereocenters. The number of hydrogen-bond donors (Lipinski definition) is 1. The number of nitro groups is 1. The van der Waals surface area contributed by atoms with Crippen molar-refractivity contribution >= 4 is 23.3 Å². The van der Waals surface area contributed by atoms with Gasteiger partial charge in [-0.15, -0.1) is 0 Å². The van der Waals surface area contributed by atoms with Gasteiger partial charge in [0.05, 0.1) is 11.0 Å². The fourth-order valence-electron chi connectivity index (χ4n) is 1.95. The molecule has 0 spiro atoms. The molecule has 1 aliphatic rings. The number of hydrogen-bond acceptors (Lipinski definition) is 7. The maximum Gasteiger partial charge on any atom is 0.343 e. The van der Waals surface area contributed by atoms with Crippen LogP contribution in [-0.2, 0) is 4.74 Å². The molecule has 8 heteroatoms. The standard InChI is InChI=1S/C12H18N4O3S/c1-2-5-13-11-10(16(17)18)12(15-8-14-11)20-7-9-4-3-6-19-9/h8-9H,2-7H2,1H3,(H,13,14,15). The Labute approximate surface area is 121 Å². The van der Waals surface area contributed by atoms with Crippen molar-refractivity contribution in [1.29, 1.82) is 0 Å². The molecule has 0 aliphatic carbocycles. The van der Waals surface area contributed by atoms with Crippen LogP contribution in [-0.4, -0.2) is 39.9 Å². The first-order valence-electron chi connectivity index (χ1n) is 6.70. The van der Waals surface area contributed by atoms with Gasteiger partial charge in [0.15, 0.2) is 5.03 Å². The Hall–Kier alpha value is -1.41. The summed E-state index contributed by atoms with van der Waals surface area (Å²) in [4.78, 5) is 18.8. The summed E-state index contributed by atoms with van der Waals surface area (Å²) in [5.41, 5.74) is -0.0380. The summed E-state index contributed by atoms with van der Waals surface area (Å²) in [7, 11) is 0. The highest BCUT2D eigenvalue weighted by atomic mass is 32.2. The molecular weight excluding hydrogens is 280 g/mol. The van der Waals surface area contributed by atoms with Crippen molar-refractivity contribution in [3.8, 4) is 0 Å². The number of thioether (sulfide) groups is 1. The molecule has 1 fully saturated rings. The van der Waals surface area contributed by atoms with Crippen molar-refractivity contribution in [2.45, 2.75) is 37.3 Å². The lowest BCUT2D eigenvalue weighted by atomic mass is 10.3. The number of anilines is 1. The Kier molecular flexibility index (Phi) is 5.54. The summed E-state index contributed by atoms with van der Waals surface area (Å²) >= 11 is 1.36. The van der Waals surface area contributed by atoms with Gasteiger partial charge < -0.3 is 10.1 Å². The van der Waals surface area contributed by atoms with Crippen LogP contribution in [0.5, 0.6) is 0 Å². The van der Waals surface area contributed by atoms with E-state index >= 15 is 0 Å². The molecule has 110 valence electrons. The smallest absolute Gasteiger partial charge is 0.343 e. The molecule has 0 amide bonds. The van der Waals surface area contributed by atoms with Gasteiger partial charge in [-0.2, -0.15) is 0 Å². The first-order chi connectivity index (χ1) is 9.72.